The Balaban J connectivity index is 0.633. The predicted octanol–water partition coefficient (Wildman–Crippen LogP) is 8.55. The number of aliphatic hydroxyl groups excluding tert-OH is 1. The molecule has 3 aliphatic carbocycles. The Bertz CT molecular complexity index is 1960. The van der Waals surface area contributed by atoms with Crippen molar-refractivity contribution >= 4 is 0 Å². The van der Waals surface area contributed by atoms with E-state index in [2.05, 4.69) is 51.3 Å². The van der Waals surface area contributed by atoms with Crippen molar-refractivity contribution < 1.29 is 77.1 Å². The third-order valence-corrected chi connectivity index (χ3v) is 23.3. The molecule has 6 bridgehead atoms. The summed E-state index contributed by atoms with van der Waals surface area (Å²) in [5, 5.41) is 10.2. The van der Waals surface area contributed by atoms with E-state index >= 15 is 0 Å². The van der Waals surface area contributed by atoms with Gasteiger partial charge < -0.3 is 47.7 Å². The molecule has 0 amide bonds. The van der Waals surface area contributed by atoms with Gasteiger partial charge in [-0.3, -0.25) is 9.80 Å². The summed E-state index contributed by atoms with van der Waals surface area (Å²) in [5.74, 6) is 2.06. The summed E-state index contributed by atoms with van der Waals surface area (Å²) in [4.78, 5) is 42.1. The van der Waals surface area contributed by atoms with Crippen LogP contribution in [-0.2, 0) is 72.0 Å². The van der Waals surface area contributed by atoms with Crippen LogP contribution in [0.15, 0.2) is 0 Å². The smallest absolute Gasteiger partial charge is 0.201 e. The van der Waals surface area contributed by atoms with Crippen LogP contribution in [0.5, 0.6) is 0 Å². The lowest BCUT2D eigenvalue weighted by Crippen LogP contribution is -2.70. The fraction of sp³-hybridized carbons (Fsp3) is 1.00. The van der Waals surface area contributed by atoms with E-state index in [1.807, 2.05) is 20.8 Å². The maximum atomic E-state index is 10.2. The molecule has 0 aromatic heterocycles. The van der Waals surface area contributed by atoms with E-state index in [-0.39, 0.29) is 42.7 Å². The first-order valence-corrected chi connectivity index (χ1v) is 31.9. The largest absolute Gasteiger partial charge is 0.395 e. The van der Waals surface area contributed by atoms with E-state index in [1.54, 1.807) is 0 Å². The van der Waals surface area contributed by atoms with E-state index < -0.39 is 53.0 Å². The standard InChI is InChI=1S/C61H102N2O16/c1-38-10-13-47-41(4)50(68-53-59(47)44(38)16-22-56(7,71-53)74-77-59)19-32-65-35-28-62(27-31-64)25-26-63(29-36-66-33-20-51-42(5)48-14-11-39(2)45-17-23-57(8)72-54(69-51)60(45,48)78-75-57)30-37-67-34-21-52-43(6)49-15-12-40(3)46-18-24-58(9)73-55(70-52)61(46,49)79-76-58/h38-55,64H,10-37H2,1-9H3/t38-,39-,40-,41-,42-,43-,44+,45+,46+,47+,48+,49+,50?,51?,52?,53-,54-,55-,56+,57+,58+,59-,60-,61-/m1/s1. The van der Waals surface area contributed by atoms with Crippen molar-refractivity contribution in [1.82, 2.24) is 9.80 Å². The monoisotopic (exact) mass is 1120 g/mol. The van der Waals surface area contributed by atoms with Crippen LogP contribution in [-0.4, -0.2) is 172 Å². The van der Waals surface area contributed by atoms with Crippen LogP contribution in [0.1, 0.15) is 159 Å². The molecule has 15 aliphatic rings. The van der Waals surface area contributed by atoms with Gasteiger partial charge in [-0.1, -0.05) is 41.5 Å². The summed E-state index contributed by atoms with van der Waals surface area (Å²) in [7, 11) is 0. The summed E-state index contributed by atoms with van der Waals surface area (Å²) in [6, 6.07) is 0. The van der Waals surface area contributed by atoms with Gasteiger partial charge >= 0.3 is 0 Å². The Hall–Kier alpha value is -0.720. The van der Waals surface area contributed by atoms with Gasteiger partial charge in [-0.05, 0) is 151 Å². The van der Waals surface area contributed by atoms with Crippen LogP contribution < -0.4 is 0 Å². The zero-order chi connectivity index (χ0) is 55.0. The fourth-order valence-electron chi connectivity index (χ4n) is 18.5. The minimum Gasteiger partial charge on any atom is -0.395 e. The Morgan fingerprint density at radius 3 is 1.01 bits per heavy atom. The molecule has 3 saturated carbocycles. The Labute approximate surface area is 471 Å². The molecule has 79 heavy (non-hydrogen) atoms. The van der Waals surface area contributed by atoms with Crippen LogP contribution in [0.2, 0.25) is 0 Å². The van der Waals surface area contributed by atoms with Gasteiger partial charge in [0.15, 0.2) is 35.7 Å². The molecule has 24 atom stereocenters. The highest BCUT2D eigenvalue weighted by atomic mass is 17.3. The van der Waals surface area contributed by atoms with E-state index in [0.29, 0.717) is 106 Å². The molecule has 0 radical (unpaired) electrons. The number of aliphatic hydroxyl groups is 1. The normalized spacial score (nSPS) is 50.4. The summed E-state index contributed by atoms with van der Waals surface area (Å²) in [6.45, 7) is 28.0. The minimum absolute atomic E-state index is 0.00543. The van der Waals surface area contributed by atoms with Crippen LogP contribution in [0, 0.1) is 71.0 Å². The van der Waals surface area contributed by atoms with Gasteiger partial charge in [-0.2, -0.15) is 0 Å². The fourth-order valence-corrected chi connectivity index (χ4v) is 18.5. The second kappa shape index (κ2) is 23.5. The molecule has 18 nitrogen and oxygen atoms in total. The van der Waals surface area contributed by atoms with Crippen LogP contribution >= 0.6 is 0 Å². The molecule has 15 rings (SSSR count). The molecule has 12 heterocycles. The first-order chi connectivity index (χ1) is 38.0. The number of fused-ring (bicyclic) bond motifs is 6. The van der Waals surface area contributed by atoms with Crippen molar-refractivity contribution in [2.24, 2.45) is 71.0 Å². The van der Waals surface area contributed by atoms with Crippen LogP contribution in [0.25, 0.3) is 0 Å². The highest BCUT2D eigenvalue weighted by Gasteiger charge is 2.72. The lowest BCUT2D eigenvalue weighted by atomic mass is 9.57. The first kappa shape index (κ1) is 58.7. The number of nitrogens with zero attached hydrogens (tertiary/aromatic N) is 2. The molecule has 3 spiro atoms. The second-order valence-electron chi connectivity index (χ2n) is 27.9. The van der Waals surface area contributed by atoms with Gasteiger partial charge in [0.2, 0.25) is 17.4 Å². The molecule has 18 heteroatoms. The third-order valence-electron chi connectivity index (χ3n) is 23.3. The highest BCUT2D eigenvalue weighted by molar-refractivity contribution is 5.13. The molecular formula is C61H102N2O16. The zero-order valence-electron chi connectivity index (χ0n) is 49.7. The van der Waals surface area contributed by atoms with E-state index in [1.165, 1.54) is 19.3 Å². The molecule has 1 N–H and O–H groups in total. The maximum Gasteiger partial charge on any atom is 0.201 e. The molecule has 0 aromatic rings. The SMILES string of the molecule is C[C@@H]1CC[C@H]2[C@@H](C)C(CCOCCN(CCO)CCN(CCOCCC3O[C@@H]4O[C@]5(C)CC[C@H]6[C@H](C)CC[C@@H]([C@H]3C)[C@@]46OO5)CCOCCC3O[C@@H]4O[C@]5(C)CC[C@H]6[C@H](C)CC[C@@H]([C@H]3C)[C@@]46OO5)O[C@@H]3O[C@]4(C)CC[C@@H]1[C@]32OO4. The molecule has 3 unspecified atom stereocenters. The van der Waals surface area contributed by atoms with Crippen molar-refractivity contribution in [3.05, 3.63) is 0 Å². The lowest BCUT2D eigenvalue weighted by Gasteiger charge is -2.60. The van der Waals surface area contributed by atoms with Gasteiger partial charge in [0.1, 0.15) is 0 Å². The van der Waals surface area contributed by atoms with Crippen LogP contribution in [0.3, 0.4) is 0 Å². The molecule has 0 aromatic carbocycles. The van der Waals surface area contributed by atoms with Crippen molar-refractivity contribution in [3.8, 4) is 0 Å². The second-order valence-corrected chi connectivity index (χ2v) is 27.9. The topological polar surface area (TPSA) is 165 Å². The van der Waals surface area contributed by atoms with Gasteiger partial charge in [-0.25, -0.2) is 29.3 Å². The highest BCUT2D eigenvalue weighted by Crippen LogP contribution is 2.64. The summed E-state index contributed by atoms with van der Waals surface area (Å²) in [6.07, 6.45) is 13.4. The van der Waals surface area contributed by atoms with Gasteiger partial charge in [-0.15, -0.1) is 0 Å². The average molecular weight is 1120 g/mol. The Kier molecular flexibility index (Phi) is 17.5. The summed E-state index contributed by atoms with van der Waals surface area (Å²) >= 11 is 0. The first-order valence-electron chi connectivity index (χ1n) is 31.9. The van der Waals surface area contributed by atoms with Crippen molar-refractivity contribution in [1.29, 1.82) is 0 Å². The molecule has 12 aliphatic heterocycles. The quantitative estimate of drug-likeness (QED) is 0.0763. The lowest BCUT2D eigenvalue weighted by molar-refractivity contribution is -0.571. The van der Waals surface area contributed by atoms with Gasteiger partial charge in [0.05, 0.1) is 44.7 Å². The van der Waals surface area contributed by atoms with Crippen molar-refractivity contribution in [2.75, 3.05) is 85.5 Å². The van der Waals surface area contributed by atoms with E-state index in [0.717, 1.165) is 103 Å². The summed E-state index contributed by atoms with van der Waals surface area (Å²) < 4.78 is 59.9. The van der Waals surface area contributed by atoms with Gasteiger partial charge in [0.25, 0.3) is 0 Å². The van der Waals surface area contributed by atoms with Crippen LogP contribution in [0.4, 0.5) is 0 Å². The molecular weight excluding hydrogens is 1020 g/mol. The van der Waals surface area contributed by atoms with E-state index in [4.69, 9.17) is 72.0 Å². The van der Waals surface area contributed by atoms with Crippen molar-refractivity contribution in [3.63, 3.8) is 0 Å². The summed E-state index contributed by atoms with van der Waals surface area (Å²) in [5.41, 5.74) is -1.67. The number of hydrogen-bond acceptors (Lipinski definition) is 18. The average Bonchev–Trinajstić information content (AvgIpc) is 4.10. The Morgan fingerprint density at radius 1 is 0.380 bits per heavy atom. The van der Waals surface area contributed by atoms with Crippen molar-refractivity contribution in [2.45, 2.75) is 230 Å². The molecule has 15 fully saturated rings. The maximum absolute atomic E-state index is 10.2. The zero-order valence-corrected chi connectivity index (χ0v) is 49.7. The molecule has 452 valence electrons. The number of hydrogen-bond donors (Lipinski definition) is 1. The number of ether oxygens (including phenoxy) is 9. The van der Waals surface area contributed by atoms with Gasteiger partial charge in [0, 0.05) is 96.1 Å². The predicted molar refractivity (Wildman–Crippen MR) is 287 cm³/mol. The Morgan fingerprint density at radius 2 is 0.696 bits per heavy atom. The number of rotatable bonds is 23. The third kappa shape index (κ3) is 10.7. The van der Waals surface area contributed by atoms with E-state index in [9.17, 15) is 5.11 Å². The molecule has 12 saturated heterocycles. The minimum atomic E-state index is -0.787.